The lowest BCUT2D eigenvalue weighted by Gasteiger charge is -2.18. The van der Waals surface area contributed by atoms with E-state index in [1.807, 2.05) is 12.1 Å². The van der Waals surface area contributed by atoms with Crippen LogP contribution in [0.4, 0.5) is 0 Å². The third-order valence-electron chi connectivity index (χ3n) is 3.89. The number of benzene rings is 1. The molecule has 0 amide bonds. The molecule has 0 fully saturated rings. The summed E-state index contributed by atoms with van der Waals surface area (Å²) >= 11 is 0. The lowest BCUT2D eigenvalue weighted by molar-refractivity contribution is 0.0523. The summed E-state index contributed by atoms with van der Waals surface area (Å²) in [7, 11) is 1.64. The number of aryl methyl sites for hydroxylation is 1. The largest absolute Gasteiger partial charge is 0.487 e. The maximum atomic E-state index is 5.97. The van der Waals surface area contributed by atoms with Gasteiger partial charge in [0.1, 0.15) is 19.8 Å². The van der Waals surface area contributed by atoms with E-state index in [4.69, 9.17) is 44.6 Å². The van der Waals surface area contributed by atoms with E-state index >= 15 is 0 Å². The molecule has 9 heteroatoms. The Morgan fingerprint density at radius 3 is 1.57 bits per heavy atom. The molecule has 0 unspecified atom stereocenters. The van der Waals surface area contributed by atoms with E-state index in [0.717, 1.165) is 12.0 Å². The average Bonchev–Trinajstić information content (AvgIpc) is 2.76. The molecule has 1 aromatic rings. The van der Waals surface area contributed by atoms with Gasteiger partial charge in [0.05, 0.1) is 46.2 Å². The first-order valence-corrected chi connectivity index (χ1v) is 10.4. The van der Waals surface area contributed by atoms with Gasteiger partial charge in [0, 0.05) is 20.2 Å². The van der Waals surface area contributed by atoms with Crippen LogP contribution < -0.4 is 25.7 Å². The third kappa shape index (κ3) is 11.5. The maximum Gasteiger partial charge on any atom is 0.203 e. The van der Waals surface area contributed by atoms with Crippen LogP contribution in [0, 0.1) is 0 Å². The highest BCUT2D eigenvalue weighted by atomic mass is 16.6. The van der Waals surface area contributed by atoms with Gasteiger partial charge < -0.3 is 44.6 Å². The molecule has 30 heavy (non-hydrogen) atoms. The molecule has 4 N–H and O–H groups in total. The van der Waals surface area contributed by atoms with Crippen LogP contribution in [0.15, 0.2) is 12.1 Å². The Morgan fingerprint density at radius 2 is 1.10 bits per heavy atom. The van der Waals surface area contributed by atoms with Crippen molar-refractivity contribution in [1.82, 2.24) is 0 Å². The molecular formula is C21H38N2O7. The van der Waals surface area contributed by atoms with E-state index in [1.54, 1.807) is 7.11 Å². The predicted octanol–water partition coefficient (Wildman–Crippen LogP) is 0.999. The highest BCUT2D eigenvalue weighted by Crippen LogP contribution is 2.39. The van der Waals surface area contributed by atoms with Crippen LogP contribution in [0.1, 0.15) is 12.5 Å². The minimum absolute atomic E-state index is 0.356. The van der Waals surface area contributed by atoms with Crippen molar-refractivity contribution >= 4 is 0 Å². The van der Waals surface area contributed by atoms with Gasteiger partial charge in [0.2, 0.25) is 5.75 Å². The highest BCUT2D eigenvalue weighted by molar-refractivity contribution is 5.54. The van der Waals surface area contributed by atoms with Crippen molar-refractivity contribution in [2.24, 2.45) is 11.5 Å². The summed E-state index contributed by atoms with van der Waals surface area (Å²) in [5, 5.41) is 0. The van der Waals surface area contributed by atoms with E-state index in [9.17, 15) is 0 Å². The first-order valence-electron chi connectivity index (χ1n) is 10.4. The van der Waals surface area contributed by atoms with Crippen LogP contribution in [0.25, 0.3) is 0 Å². The van der Waals surface area contributed by atoms with Gasteiger partial charge in [-0.05, 0) is 24.1 Å². The van der Waals surface area contributed by atoms with Crippen LogP contribution >= 0.6 is 0 Å². The smallest absolute Gasteiger partial charge is 0.203 e. The van der Waals surface area contributed by atoms with E-state index in [-0.39, 0.29) is 0 Å². The van der Waals surface area contributed by atoms with Crippen molar-refractivity contribution in [2.75, 3.05) is 86.3 Å². The lowest BCUT2D eigenvalue weighted by Crippen LogP contribution is -2.15. The number of nitrogens with two attached hydrogens (primary N) is 2. The molecule has 0 radical (unpaired) electrons. The first kappa shape index (κ1) is 26.4. The second-order valence-electron chi connectivity index (χ2n) is 6.23. The molecule has 0 aliphatic heterocycles. The SMILES string of the molecule is CCc1cc(OCCOCCN)c(OCCOCCOC)c(OCCOCCN)c1. The van der Waals surface area contributed by atoms with Gasteiger partial charge in [-0.3, -0.25) is 0 Å². The van der Waals surface area contributed by atoms with Crippen molar-refractivity contribution in [3.05, 3.63) is 17.7 Å². The van der Waals surface area contributed by atoms with Crippen molar-refractivity contribution in [1.29, 1.82) is 0 Å². The quantitative estimate of drug-likeness (QED) is 0.292. The minimum Gasteiger partial charge on any atom is -0.487 e. The second kappa shape index (κ2) is 18.2. The topological polar surface area (TPSA) is 117 Å². The molecule has 0 aliphatic carbocycles. The standard InChI is InChI=1S/C21H38N2O7/c1-3-18-16-19(28-13-10-25-6-4-22)21(30-15-12-27-9-8-24-2)20(17-18)29-14-11-26-7-5-23/h16-17H,3-15,22-23H2,1-2H3. The number of hydrogen-bond donors (Lipinski definition) is 2. The number of methoxy groups -OCH3 is 1. The molecular weight excluding hydrogens is 392 g/mol. The highest BCUT2D eigenvalue weighted by Gasteiger charge is 2.15. The van der Waals surface area contributed by atoms with Crippen LogP contribution in [-0.4, -0.2) is 86.3 Å². The molecule has 9 nitrogen and oxygen atoms in total. The summed E-state index contributed by atoms with van der Waals surface area (Å²) in [4.78, 5) is 0. The Labute approximate surface area is 179 Å². The van der Waals surface area contributed by atoms with Gasteiger partial charge >= 0.3 is 0 Å². The first-order chi connectivity index (χ1) is 14.8. The van der Waals surface area contributed by atoms with Gasteiger partial charge in [-0.2, -0.15) is 0 Å². The third-order valence-corrected chi connectivity index (χ3v) is 3.89. The van der Waals surface area contributed by atoms with Crippen molar-refractivity contribution in [3.8, 4) is 17.2 Å². The normalized spacial score (nSPS) is 10.9. The Morgan fingerprint density at radius 1 is 0.633 bits per heavy atom. The summed E-state index contributed by atoms with van der Waals surface area (Å²) in [6, 6.07) is 3.92. The van der Waals surface area contributed by atoms with Crippen LogP contribution in [0.2, 0.25) is 0 Å². The molecule has 0 saturated heterocycles. The van der Waals surface area contributed by atoms with E-state index < -0.39 is 0 Å². The van der Waals surface area contributed by atoms with Gasteiger partial charge in [-0.25, -0.2) is 0 Å². The molecule has 0 spiro atoms. The summed E-state index contributed by atoms with van der Waals surface area (Å²) in [5.41, 5.74) is 12.0. The fourth-order valence-electron chi connectivity index (χ4n) is 2.43. The summed E-state index contributed by atoms with van der Waals surface area (Å²) in [6.45, 7) is 7.51. The van der Waals surface area contributed by atoms with Gasteiger partial charge in [-0.1, -0.05) is 6.92 Å². The molecule has 174 valence electrons. The van der Waals surface area contributed by atoms with Crippen LogP contribution in [0.3, 0.4) is 0 Å². The molecule has 1 rings (SSSR count). The van der Waals surface area contributed by atoms with Crippen molar-refractivity contribution in [3.63, 3.8) is 0 Å². The Bertz CT molecular complexity index is 511. The number of ether oxygens (including phenoxy) is 7. The van der Waals surface area contributed by atoms with E-state index in [0.29, 0.717) is 96.4 Å². The zero-order chi connectivity index (χ0) is 21.9. The average molecular weight is 431 g/mol. The Kier molecular flexibility index (Phi) is 16.0. The van der Waals surface area contributed by atoms with E-state index in [2.05, 4.69) is 6.92 Å². The zero-order valence-corrected chi connectivity index (χ0v) is 18.4. The predicted molar refractivity (Wildman–Crippen MR) is 115 cm³/mol. The summed E-state index contributed by atoms with van der Waals surface area (Å²) in [5.74, 6) is 1.76. The van der Waals surface area contributed by atoms with Crippen LogP contribution in [0.5, 0.6) is 17.2 Å². The Balaban J connectivity index is 2.78. The van der Waals surface area contributed by atoms with Crippen molar-refractivity contribution in [2.45, 2.75) is 13.3 Å². The fourth-order valence-corrected chi connectivity index (χ4v) is 2.43. The number of hydrogen-bond acceptors (Lipinski definition) is 9. The monoisotopic (exact) mass is 430 g/mol. The summed E-state index contributed by atoms with van der Waals surface area (Å²) < 4.78 is 39.0. The molecule has 0 saturated carbocycles. The second-order valence-corrected chi connectivity index (χ2v) is 6.23. The zero-order valence-electron chi connectivity index (χ0n) is 18.4. The Hall–Kier alpha value is -1.62. The van der Waals surface area contributed by atoms with Gasteiger partial charge in [0.15, 0.2) is 11.5 Å². The molecule has 0 bridgehead atoms. The maximum absolute atomic E-state index is 5.97. The summed E-state index contributed by atoms with van der Waals surface area (Å²) in [6.07, 6.45) is 0.834. The van der Waals surface area contributed by atoms with Gasteiger partial charge in [0.25, 0.3) is 0 Å². The van der Waals surface area contributed by atoms with Crippen LogP contribution in [-0.2, 0) is 25.4 Å². The van der Waals surface area contributed by atoms with Gasteiger partial charge in [-0.15, -0.1) is 0 Å². The minimum atomic E-state index is 0.356. The lowest BCUT2D eigenvalue weighted by atomic mass is 10.1. The molecule has 0 aliphatic rings. The molecule has 0 atom stereocenters. The number of rotatable bonds is 20. The molecule has 0 aromatic heterocycles. The molecule has 1 aromatic carbocycles. The van der Waals surface area contributed by atoms with Crippen molar-refractivity contribution < 1.29 is 33.2 Å². The van der Waals surface area contributed by atoms with E-state index in [1.165, 1.54) is 0 Å². The fraction of sp³-hybridized carbons (Fsp3) is 0.714. The molecule has 0 heterocycles.